The van der Waals surface area contributed by atoms with Crippen LogP contribution in [-0.4, -0.2) is 39.6 Å². The summed E-state index contributed by atoms with van der Waals surface area (Å²) in [5.41, 5.74) is 0. The Morgan fingerprint density at radius 3 is 3.05 bits per heavy atom. The summed E-state index contributed by atoms with van der Waals surface area (Å²) in [7, 11) is 0. The number of rotatable bonds is 5. The van der Waals surface area contributed by atoms with Gasteiger partial charge in [0, 0.05) is 29.6 Å². The molecule has 0 aliphatic carbocycles. The Hall–Kier alpha value is -0.940. The maximum absolute atomic E-state index is 10.7. The molecular weight excluding hydrogens is 260 g/mol. The molecule has 1 aromatic rings. The van der Waals surface area contributed by atoms with E-state index >= 15 is 0 Å². The minimum absolute atomic E-state index is 0.0935. The van der Waals surface area contributed by atoms with Gasteiger partial charge in [0.2, 0.25) is 0 Å². The lowest BCUT2D eigenvalue weighted by molar-refractivity contribution is -0.136. The lowest BCUT2D eigenvalue weighted by Crippen LogP contribution is -2.44. The largest absolute Gasteiger partial charge is 0.481 e. The quantitative estimate of drug-likeness (QED) is 0.902. The third-order valence-electron chi connectivity index (χ3n) is 3.67. The predicted molar refractivity (Wildman–Crippen MR) is 76.6 cm³/mol. The molecule has 0 saturated carbocycles. The molecule has 2 heterocycles. The van der Waals surface area contributed by atoms with E-state index in [4.69, 9.17) is 5.11 Å². The Morgan fingerprint density at radius 2 is 2.37 bits per heavy atom. The molecule has 0 spiro atoms. The summed E-state index contributed by atoms with van der Waals surface area (Å²) >= 11 is 1.55. The molecule has 1 atom stereocenters. The first kappa shape index (κ1) is 14.5. The first-order valence-electron chi connectivity index (χ1n) is 6.97. The molecule has 1 aromatic heterocycles. The summed E-state index contributed by atoms with van der Waals surface area (Å²) in [6.07, 6.45) is 6.58. The Balaban J connectivity index is 1.98. The van der Waals surface area contributed by atoms with Crippen LogP contribution in [0.5, 0.6) is 0 Å². The van der Waals surface area contributed by atoms with Crippen molar-refractivity contribution in [2.75, 3.05) is 6.54 Å². The lowest BCUT2D eigenvalue weighted by atomic mass is 9.98. The van der Waals surface area contributed by atoms with Gasteiger partial charge >= 0.3 is 5.97 Å². The molecule has 0 radical (unpaired) electrons. The topological polar surface area (TPSA) is 53.4 Å². The van der Waals surface area contributed by atoms with Gasteiger partial charge in [-0.25, -0.2) is 4.98 Å². The summed E-state index contributed by atoms with van der Waals surface area (Å²) in [4.78, 5) is 18.5. The minimum Gasteiger partial charge on any atom is -0.481 e. The summed E-state index contributed by atoms with van der Waals surface area (Å²) in [6.45, 7) is 5.67. The summed E-state index contributed by atoms with van der Waals surface area (Å²) < 4.78 is 0. The van der Waals surface area contributed by atoms with Gasteiger partial charge < -0.3 is 5.11 Å². The van der Waals surface area contributed by atoms with Crippen LogP contribution in [0.3, 0.4) is 0 Å². The van der Waals surface area contributed by atoms with Crippen molar-refractivity contribution in [3.05, 3.63) is 16.1 Å². The van der Waals surface area contributed by atoms with Gasteiger partial charge in [-0.1, -0.05) is 6.42 Å². The third-order valence-corrected chi connectivity index (χ3v) is 4.69. The van der Waals surface area contributed by atoms with Crippen LogP contribution in [0, 0.1) is 0 Å². The molecule has 5 heteroatoms. The number of thiazole rings is 1. The molecule has 0 bridgehead atoms. The van der Waals surface area contributed by atoms with Gasteiger partial charge in [0.25, 0.3) is 0 Å². The van der Waals surface area contributed by atoms with Crippen molar-refractivity contribution in [2.24, 2.45) is 0 Å². The maximum Gasteiger partial charge on any atom is 0.308 e. The van der Waals surface area contributed by atoms with Gasteiger partial charge in [-0.3, -0.25) is 9.69 Å². The first-order valence-corrected chi connectivity index (χ1v) is 7.79. The Kier molecular flexibility index (Phi) is 4.93. The van der Waals surface area contributed by atoms with E-state index in [1.54, 1.807) is 17.5 Å². The summed E-state index contributed by atoms with van der Waals surface area (Å²) in [6, 6.07) is 1.14. The number of nitrogens with zero attached hydrogens (tertiary/aromatic N) is 2. The second-order valence-corrected chi connectivity index (χ2v) is 6.68. The number of aliphatic carboxylic acids is 1. The second kappa shape index (κ2) is 6.48. The van der Waals surface area contributed by atoms with E-state index in [2.05, 4.69) is 23.7 Å². The number of hydrogen-bond donors (Lipinski definition) is 1. The Bertz CT molecular complexity index is 431. The van der Waals surface area contributed by atoms with Crippen LogP contribution >= 0.6 is 11.3 Å². The van der Waals surface area contributed by atoms with Crippen LogP contribution in [0.4, 0.5) is 0 Å². The number of likely N-dealkylation sites (tertiary alicyclic amines) is 1. The van der Waals surface area contributed by atoms with Crippen LogP contribution in [-0.2, 0) is 17.6 Å². The first-order chi connectivity index (χ1) is 9.06. The SMILES string of the molecule is CC(C)N1CCCCC1Cc1ncc(CC(=O)O)s1. The smallest absolute Gasteiger partial charge is 0.308 e. The number of piperidine rings is 1. The maximum atomic E-state index is 10.7. The number of carbonyl (C=O) groups is 1. The van der Waals surface area contributed by atoms with Gasteiger partial charge in [0.05, 0.1) is 11.4 Å². The van der Waals surface area contributed by atoms with Crippen molar-refractivity contribution in [2.45, 2.75) is 58.0 Å². The van der Waals surface area contributed by atoms with Gasteiger partial charge in [0.15, 0.2) is 0 Å². The second-order valence-electron chi connectivity index (χ2n) is 5.48. The van der Waals surface area contributed by atoms with E-state index in [1.807, 2.05) is 0 Å². The summed E-state index contributed by atoms with van der Waals surface area (Å²) in [5.74, 6) is -0.781. The van der Waals surface area contributed by atoms with Crippen molar-refractivity contribution in [3.63, 3.8) is 0 Å². The van der Waals surface area contributed by atoms with Crippen molar-refractivity contribution in [1.29, 1.82) is 0 Å². The Morgan fingerprint density at radius 1 is 1.58 bits per heavy atom. The van der Waals surface area contributed by atoms with E-state index < -0.39 is 5.97 Å². The minimum atomic E-state index is -0.781. The molecule has 1 saturated heterocycles. The fourth-order valence-electron chi connectivity index (χ4n) is 2.80. The average molecular weight is 282 g/mol. The van der Waals surface area contributed by atoms with Gasteiger partial charge in [-0.15, -0.1) is 11.3 Å². The molecule has 106 valence electrons. The van der Waals surface area contributed by atoms with Crippen LogP contribution in [0.15, 0.2) is 6.20 Å². The standard InChI is InChI=1S/C14H22N2O2S/c1-10(2)16-6-4-3-5-11(16)7-13-15-9-12(19-13)8-14(17)18/h9-11H,3-8H2,1-2H3,(H,17,18). The van der Waals surface area contributed by atoms with E-state index in [0.29, 0.717) is 12.1 Å². The number of carboxylic acids is 1. The third kappa shape index (κ3) is 4.01. The fourth-order valence-corrected chi connectivity index (χ4v) is 3.78. The van der Waals surface area contributed by atoms with E-state index in [1.165, 1.54) is 25.8 Å². The zero-order chi connectivity index (χ0) is 13.8. The number of hydrogen-bond acceptors (Lipinski definition) is 4. The molecule has 0 amide bonds. The van der Waals surface area contributed by atoms with Crippen molar-refractivity contribution in [3.8, 4) is 0 Å². The molecule has 1 N–H and O–H groups in total. The summed E-state index contributed by atoms with van der Waals surface area (Å²) in [5, 5.41) is 9.86. The number of aromatic nitrogens is 1. The molecule has 0 aromatic carbocycles. The normalized spacial score (nSPS) is 20.9. The highest BCUT2D eigenvalue weighted by Gasteiger charge is 2.25. The lowest BCUT2D eigenvalue weighted by Gasteiger charge is -2.38. The van der Waals surface area contributed by atoms with Crippen molar-refractivity contribution < 1.29 is 9.90 Å². The zero-order valence-corrected chi connectivity index (χ0v) is 12.4. The Labute approximate surface area is 118 Å². The molecule has 1 fully saturated rings. The predicted octanol–water partition coefficient (Wildman–Crippen LogP) is 2.58. The number of carboxylic acid groups (broad SMARTS) is 1. The van der Waals surface area contributed by atoms with E-state index in [0.717, 1.165) is 16.3 Å². The molecule has 1 aliphatic heterocycles. The molecule has 19 heavy (non-hydrogen) atoms. The van der Waals surface area contributed by atoms with Gasteiger partial charge in [-0.2, -0.15) is 0 Å². The molecule has 1 aliphatic rings. The van der Waals surface area contributed by atoms with Crippen LogP contribution in [0.2, 0.25) is 0 Å². The molecule has 4 nitrogen and oxygen atoms in total. The average Bonchev–Trinajstić information content (AvgIpc) is 2.76. The molecule has 2 rings (SSSR count). The van der Waals surface area contributed by atoms with Crippen molar-refractivity contribution in [1.82, 2.24) is 9.88 Å². The van der Waals surface area contributed by atoms with E-state index in [9.17, 15) is 4.79 Å². The highest BCUT2D eigenvalue weighted by Crippen LogP contribution is 2.24. The fraction of sp³-hybridized carbons (Fsp3) is 0.714. The highest BCUT2D eigenvalue weighted by atomic mass is 32.1. The van der Waals surface area contributed by atoms with Crippen LogP contribution in [0.1, 0.15) is 43.0 Å². The van der Waals surface area contributed by atoms with Crippen molar-refractivity contribution >= 4 is 17.3 Å². The van der Waals surface area contributed by atoms with Gasteiger partial charge in [-0.05, 0) is 33.2 Å². The van der Waals surface area contributed by atoms with Crippen LogP contribution in [0.25, 0.3) is 0 Å². The molecular formula is C14H22N2O2S. The zero-order valence-electron chi connectivity index (χ0n) is 11.6. The van der Waals surface area contributed by atoms with Crippen LogP contribution < -0.4 is 0 Å². The molecule has 1 unspecified atom stereocenters. The monoisotopic (exact) mass is 282 g/mol. The van der Waals surface area contributed by atoms with E-state index in [-0.39, 0.29) is 6.42 Å². The highest BCUT2D eigenvalue weighted by molar-refractivity contribution is 7.11. The van der Waals surface area contributed by atoms with Gasteiger partial charge in [0.1, 0.15) is 0 Å².